The van der Waals surface area contributed by atoms with E-state index in [4.69, 9.17) is 18.9 Å². The maximum atomic E-state index is 12.6. The van der Waals surface area contributed by atoms with Gasteiger partial charge in [-0.25, -0.2) is 14.2 Å². The first-order chi connectivity index (χ1) is 14.9. The number of rotatable bonds is 5. The van der Waals surface area contributed by atoms with E-state index in [2.05, 4.69) is 4.98 Å². The second kappa shape index (κ2) is 7.56. The van der Waals surface area contributed by atoms with Crippen molar-refractivity contribution in [1.29, 1.82) is 0 Å². The van der Waals surface area contributed by atoms with Crippen LogP contribution in [0.5, 0.6) is 23.1 Å². The summed E-state index contributed by atoms with van der Waals surface area (Å²) in [6, 6.07) is 9.34. The van der Waals surface area contributed by atoms with Crippen LogP contribution in [0, 0.1) is 0 Å². The van der Waals surface area contributed by atoms with Crippen molar-refractivity contribution in [2.45, 2.75) is 6.10 Å². The van der Waals surface area contributed by atoms with Crippen LogP contribution in [0.25, 0.3) is 5.69 Å². The molecule has 1 aliphatic rings. The number of hydrogen-bond donors (Lipinski definition) is 2. The molecule has 0 aliphatic carbocycles. The van der Waals surface area contributed by atoms with Crippen LogP contribution >= 0.6 is 0 Å². The highest BCUT2D eigenvalue weighted by molar-refractivity contribution is 5.98. The number of carbonyl (C=O) groups is 1. The van der Waals surface area contributed by atoms with E-state index in [9.17, 15) is 19.5 Å². The molecule has 0 radical (unpaired) electrons. The average Bonchev–Trinajstić information content (AvgIpc) is 3.09. The van der Waals surface area contributed by atoms with Crippen LogP contribution in [-0.4, -0.2) is 42.0 Å². The Morgan fingerprint density at radius 1 is 0.968 bits per heavy atom. The molecule has 0 fully saturated rings. The van der Waals surface area contributed by atoms with Crippen molar-refractivity contribution in [2.75, 3.05) is 21.3 Å². The van der Waals surface area contributed by atoms with Gasteiger partial charge >= 0.3 is 11.7 Å². The summed E-state index contributed by atoms with van der Waals surface area (Å²) < 4.78 is 21.9. The van der Waals surface area contributed by atoms with Crippen LogP contribution in [0.3, 0.4) is 0 Å². The van der Waals surface area contributed by atoms with Gasteiger partial charge in [0.2, 0.25) is 5.88 Å². The first-order valence-electron chi connectivity index (χ1n) is 9.09. The van der Waals surface area contributed by atoms with Gasteiger partial charge in [-0.2, -0.15) is 0 Å². The highest BCUT2D eigenvalue weighted by atomic mass is 16.6. The van der Waals surface area contributed by atoms with Gasteiger partial charge in [0.05, 0.1) is 27.0 Å². The summed E-state index contributed by atoms with van der Waals surface area (Å²) >= 11 is 0. The standard InChI is InChI=1S/C21H18N2O8/c1-28-11-6-4-10(5-7-11)23-19(25)15(18(24)22-21(23)27)16-12-8-9-13(29-2)17(30-3)14(12)20(26)31-16/h4-9,16,25H,1-3H3,(H,22,24,27)/t16-/m1/s1. The van der Waals surface area contributed by atoms with Gasteiger partial charge in [0.1, 0.15) is 16.9 Å². The molecule has 160 valence electrons. The molecule has 3 aromatic rings. The normalized spacial score (nSPS) is 14.7. The van der Waals surface area contributed by atoms with Crippen molar-refractivity contribution in [3.8, 4) is 28.8 Å². The van der Waals surface area contributed by atoms with Gasteiger partial charge in [0, 0.05) is 5.56 Å². The van der Waals surface area contributed by atoms with Crippen LogP contribution < -0.4 is 25.5 Å². The molecule has 0 bridgehead atoms. The lowest BCUT2D eigenvalue weighted by Gasteiger charge is -2.16. The van der Waals surface area contributed by atoms with Gasteiger partial charge in [0.25, 0.3) is 5.56 Å². The van der Waals surface area contributed by atoms with Gasteiger partial charge in [-0.3, -0.25) is 9.78 Å². The Morgan fingerprint density at radius 3 is 2.29 bits per heavy atom. The van der Waals surface area contributed by atoms with E-state index in [0.717, 1.165) is 4.57 Å². The number of esters is 1. The number of methoxy groups -OCH3 is 3. The Kier molecular flexibility index (Phi) is 4.90. The zero-order valence-electron chi connectivity index (χ0n) is 16.8. The molecular formula is C21H18N2O8. The lowest BCUT2D eigenvalue weighted by Crippen LogP contribution is -2.32. The van der Waals surface area contributed by atoms with E-state index in [1.807, 2.05) is 0 Å². The maximum absolute atomic E-state index is 12.6. The van der Waals surface area contributed by atoms with Crippen molar-refractivity contribution in [1.82, 2.24) is 9.55 Å². The monoisotopic (exact) mass is 426 g/mol. The SMILES string of the molecule is COc1ccc(-n2c(O)c([C@@H]3OC(=O)c4c3ccc(OC)c4OC)c(=O)[nH]c2=O)cc1. The third-order valence-electron chi connectivity index (χ3n) is 5.00. The predicted molar refractivity (Wildman–Crippen MR) is 108 cm³/mol. The van der Waals surface area contributed by atoms with Crippen molar-refractivity contribution >= 4 is 5.97 Å². The zero-order valence-corrected chi connectivity index (χ0v) is 16.8. The van der Waals surface area contributed by atoms with Crippen LogP contribution in [0.15, 0.2) is 46.0 Å². The molecule has 2 N–H and O–H groups in total. The molecule has 2 heterocycles. The second-order valence-corrected chi connectivity index (χ2v) is 6.58. The molecule has 1 aromatic heterocycles. The number of fused-ring (bicyclic) bond motifs is 1. The topological polar surface area (TPSA) is 129 Å². The predicted octanol–water partition coefficient (Wildman–Crippen LogP) is 1.52. The summed E-state index contributed by atoms with van der Waals surface area (Å²) in [4.78, 5) is 39.8. The third kappa shape index (κ3) is 3.08. The van der Waals surface area contributed by atoms with Crippen LogP contribution in [0.4, 0.5) is 0 Å². The molecule has 4 rings (SSSR count). The lowest BCUT2D eigenvalue weighted by atomic mass is 9.99. The van der Waals surface area contributed by atoms with Gasteiger partial charge in [0.15, 0.2) is 17.6 Å². The van der Waals surface area contributed by atoms with Gasteiger partial charge in [-0.15, -0.1) is 0 Å². The Balaban J connectivity index is 1.92. The molecule has 1 aliphatic heterocycles. The number of aromatic nitrogens is 2. The number of carbonyl (C=O) groups excluding carboxylic acids is 1. The van der Waals surface area contributed by atoms with Crippen LogP contribution in [-0.2, 0) is 4.74 Å². The summed E-state index contributed by atoms with van der Waals surface area (Å²) in [6.45, 7) is 0. The molecule has 0 amide bonds. The number of hydrogen-bond acceptors (Lipinski definition) is 8. The number of H-pyrrole nitrogens is 1. The molecule has 0 spiro atoms. The van der Waals surface area contributed by atoms with Crippen molar-refractivity contribution < 1.29 is 28.8 Å². The van der Waals surface area contributed by atoms with E-state index in [1.54, 1.807) is 18.2 Å². The Bertz CT molecular complexity index is 1290. The smallest absolute Gasteiger partial charge is 0.343 e. The summed E-state index contributed by atoms with van der Waals surface area (Å²) in [5.41, 5.74) is -1.38. The Hall–Kier alpha value is -4.21. The minimum atomic E-state index is -1.25. The minimum Gasteiger partial charge on any atom is -0.497 e. The van der Waals surface area contributed by atoms with E-state index in [1.165, 1.54) is 39.5 Å². The van der Waals surface area contributed by atoms with E-state index in [0.29, 0.717) is 17.1 Å². The van der Waals surface area contributed by atoms with Crippen molar-refractivity contribution in [2.24, 2.45) is 0 Å². The molecular weight excluding hydrogens is 408 g/mol. The third-order valence-corrected chi connectivity index (χ3v) is 5.00. The number of benzene rings is 2. The van der Waals surface area contributed by atoms with E-state index < -0.39 is 29.2 Å². The number of aromatic amines is 1. The number of nitrogens with one attached hydrogen (secondary N) is 1. The van der Waals surface area contributed by atoms with Gasteiger partial charge in [-0.1, -0.05) is 6.07 Å². The average molecular weight is 426 g/mol. The molecule has 10 nitrogen and oxygen atoms in total. The number of ether oxygens (including phenoxy) is 4. The first kappa shape index (κ1) is 20.1. The van der Waals surface area contributed by atoms with Crippen molar-refractivity contribution in [3.63, 3.8) is 0 Å². The molecule has 31 heavy (non-hydrogen) atoms. The highest BCUT2D eigenvalue weighted by Crippen LogP contribution is 2.45. The fraction of sp³-hybridized carbons (Fsp3) is 0.190. The van der Waals surface area contributed by atoms with Gasteiger partial charge < -0.3 is 24.1 Å². The Labute approximate surface area is 175 Å². The van der Waals surface area contributed by atoms with Crippen LogP contribution in [0.2, 0.25) is 0 Å². The number of cyclic esters (lactones) is 1. The molecule has 2 aromatic carbocycles. The second-order valence-electron chi connectivity index (χ2n) is 6.58. The fourth-order valence-electron chi connectivity index (χ4n) is 3.56. The Morgan fingerprint density at radius 2 is 1.68 bits per heavy atom. The van der Waals surface area contributed by atoms with Crippen molar-refractivity contribution in [3.05, 3.63) is 73.9 Å². The van der Waals surface area contributed by atoms with E-state index in [-0.39, 0.29) is 22.6 Å². The fourth-order valence-corrected chi connectivity index (χ4v) is 3.56. The summed E-state index contributed by atoms with van der Waals surface area (Å²) in [6.07, 6.45) is -1.25. The lowest BCUT2D eigenvalue weighted by molar-refractivity contribution is 0.0447. The first-order valence-corrected chi connectivity index (χ1v) is 9.09. The highest BCUT2D eigenvalue weighted by Gasteiger charge is 2.40. The molecule has 1 atom stereocenters. The minimum absolute atomic E-state index is 0.0767. The number of nitrogens with zero attached hydrogens (tertiary/aromatic N) is 1. The van der Waals surface area contributed by atoms with E-state index >= 15 is 0 Å². The molecule has 10 heteroatoms. The summed E-state index contributed by atoms with van der Waals surface area (Å²) in [5, 5.41) is 10.9. The van der Waals surface area contributed by atoms with Crippen LogP contribution in [0.1, 0.15) is 27.6 Å². The summed E-state index contributed by atoms with van der Waals surface area (Å²) in [5.74, 6) is -0.413. The largest absolute Gasteiger partial charge is 0.497 e. The number of aromatic hydroxyl groups is 1. The quantitative estimate of drug-likeness (QED) is 0.588. The van der Waals surface area contributed by atoms with Gasteiger partial charge in [-0.05, 0) is 30.3 Å². The molecule has 0 unspecified atom stereocenters. The summed E-state index contributed by atoms with van der Waals surface area (Å²) in [7, 11) is 4.28. The molecule has 0 saturated carbocycles. The maximum Gasteiger partial charge on any atom is 0.343 e. The molecule has 0 saturated heterocycles. The zero-order chi connectivity index (χ0) is 22.3.